The fourth-order valence-corrected chi connectivity index (χ4v) is 4.78. The molecule has 1 amide bonds. The van der Waals surface area contributed by atoms with Crippen LogP contribution in [0.1, 0.15) is 44.7 Å². The van der Waals surface area contributed by atoms with Gasteiger partial charge in [0, 0.05) is 25.6 Å². The Morgan fingerprint density at radius 3 is 2.47 bits per heavy atom. The summed E-state index contributed by atoms with van der Waals surface area (Å²) in [6.45, 7) is 7.12. The van der Waals surface area contributed by atoms with E-state index in [9.17, 15) is 13.2 Å². The molecule has 3 rings (SSSR count). The highest BCUT2D eigenvalue weighted by Crippen LogP contribution is 2.34. The van der Waals surface area contributed by atoms with Gasteiger partial charge in [0.1, 0.15) is 0 Å². The summed E-state index contributed by atoms with van der Waals surface area (Å²) in [5, 5.41) is 3.16. The maximum atomic E-state index is 12.7. The molecule has 0 radical (unpaired) electrons. The van der Waals surface area contributed by atoms with Gasteiger partial charge < -0.3 is 14.8 Å². The van der Waals surface area contributed by atoms with Crippen LogP contribution in [0.25, 0.3) is 0 Å². The number of benzene rings is 1. The number of piperidine rings is 1. The Labute approximate surface area is 179 Å². The number of nitrogens with one attached hydrogen (secondary N) is 2. The van der Waals surface area contributed by atoms with Gasteiger partial charge >= 0.3 is 0 Å². The van der Waals surface area contributed by atoms with Crippen LogP contribution < -0.4 is 19.5 Å². The van der Waals surface area contributed by atoms with Crippen LogP contribution in [0.15, 0.2) is 18.2 Å². The average Bonchev–Trinajstić information content (AvgIpc) is 2.91. The van der Waals surface area contributed by atoms with E-state index in [-0.39, 0.29) is 23.9 Å². The molecule has 2 aliphatic heterocycles. The summed E-state index contributed by atoms with van der Waals surface area (Å²) < 4.78 is 36.9. The van der Waals surface area contributed by atoms with Crippen molar-refractivity contribution in [3.8, 4) is 11.5 Å². The number of nitrogens with zero attached hydrogens (tertiary/aromatic N) is 1. The van der Waals surface area contributed by atoms with E-state index in [1.807, 2.05) is 18.2 Å². The molecule has 0 aliphatic carbocycles. The number of rotatable bonds is 7. The van der Waals surface area contributed by atoms with Gasteiger partial charge in [0.15, 0.2) is 11.5 Å². The number of amides is 1. The molecular weight excluding hydrogens is 406 g/mol. The number of carbonyl (C=O) groups excluding carboxylic acids is 1. The van der Waals surface area contributed by atoms with E-state index < -0.39 is 10.0 Å². The Bertz CT molecular complexity index is 835. The van der Waals surface area contributed by atoms with Gasteiger partial charge in [-0.3, -0.25) is 9.69 Å². The number of hydrogen-bond acceptors (Lipinski definition) is 6. The largest absolute Gasteiger partial charge is 0.490 e. The lowest BCUT2D eigenvalue weighted by Crippen LogP contribution is -2.47. The lowest BCUT2D eigenvalue weighted by atomic mass is 9.95. The third-order valence-corrected chi connectivity index (χ3v) is 6.21. The highest BCUT2D eigenvalue weighted by Gasteiger charge is 2.25. The van der Waals surface area contributed by atoms with Crippen LogP contribution in [0, 0.1) is 5.92 Å². The minimum atomic E-state index is -3.20. The zero-order valence-electron chi connectivity index (χ0n) is 18.0. The minimum Gasteiger partial charge on any atom is -0.490 e. The van der Waals surface area contributed by atoms with Crippen molar-refractivity contribution >= 4 is 15.9 Å². The highest BCUT2D eigenvalue weighted by atomic mass is 32.2. The van der Waals surface area contributed by atoms with Crippen molar-refractivity contribution < 1.29 is 22.7 Å². The topological polar surface area (TPSA) is 97.0 Å². The SMILES string of the molecule is CC(C)[C@H](NC(=O)CN1CCC(NS(C)(=O)=O)CC1)c1ccc2c(c1)OCCCO2. The van der Waals surface area contributed by atoms with Crippen molar-refractivity contribution in [3.63, 3.8) is 0 Å². The van der Waals surface area contributed by atoms with Crippen LogP contribution in [0.2, 0.25) is 0 Å². The second kappa shape index (κ2) is 9.98. The Hall–Kier alpha value is -1.84. The number of likely N-dealkylation sites (tertiary alicyclic amines) is 1. The predicted octanol–water partition coefficient (Wildman–Crippen LogP) is 1.67. The molecule has 2 aliphatic rings. The van der Waals surface area contributed by atoms with Crippen LogP contribution in [0.3, 0.4) is 0 Å². The first-order valence-corrected chi connectivity index (χ1v) is 12.5. The first-order valence-electron chi connectivity index (χ1n) is 10.6. The molecule has 0 saturated carbocycles. The number of carbonyl (C=O) groups is 1. The van der Waals surface area contributed by atoms with E-state index >= 15 is 0 Å². The van der Waals surface area contributed by atoms with Gasteiger partial charge in [-0.1, -0.05) is 19.9 Å². The highest BCUT2D eigenvalue weighted by molar-refractivity contribution is 7.88. The maximum absolute atomic E-state index is 12.7. The normalized spacial score (nSPS) is 19.3. The van der Waals surface area contributed by atoms with Crippen LogP contribution >= 0.6 is 0 Å². The fraction of sp³-hybridized carbons (Fsp3) is 0.667. The molecule has 0 bridgehead atoms. The van der Waals surface area contributed by atoms with E-state index in [1.165, 1.54) is 6.26 Å². The molecule has 0 aromatic heterocycles. The molecule has 9 heteroatoms. The van der Waals surface area contributed by atoms with Crippen molar-refractivity contribution in [1.82, 2.24) is 14.9 Å². The molecule has 1 aromatic rings. The van der Waals surface area contributed by atoms with E-state index in [0.29, 0.717) is 45.7 Å². The number of ether oxygens (including phenoxy) is 2. The molecule has 1 aromatic carbocycles. The van der Waals surface area contributed by atoms with Crippen LogP contribution in [-0.2, 0) is 14.8 Å². The molecule has 1 saturated heterocycles. The van der Waals surface area contributed by atoms with Crippen molar-refractivity contribution in [3.05, 3.63) is 23.8 Å². The molecule has 2 N–H and O–H groups in total. The van der Waals surface area contributed by atoms with Crippen LogP contribution in [-0.4, -0.2) is 64.4 Å². The van der Waals surface area contributed by atoms with E-state index in [1.54, 1.807) is 0 Å². The standard InChI is InChI=1S/C21H33N3O5S/c1-15(2)21(16-5-6-18-19(13-16)29-12-4-11-28-18)22-20(25)14-24-9-7-17(8-10-24)23-30(3,26)27/h5-6,13,15,17,21,23H,4,7-12,14H2,1-3H3,(H,22,25)/t21-/m0/s1. The van der Waals surface area contributed by atoms with Crippen molar-refractivity contribution in [2.45, 2.75) is 45.2 Å². The van der Waals surface area contributed by atoms with E-state index in [0.717, 1.165) is 23.5 Å². The lowest BCUT2D eigenvalue weighted by molar-refractivity contribution is -0.123. The third-order valence-electron chi connectivity index (χ3n) is 5.45. The summed E-state index contributed by atoms with van der Waals surface area (Å²) in [7, 11) is -3.20. The van der Waals surface area contributed by atoms with E-state index in [4.69, 9.17) is 9.47 Å². The summed E-state index contributed by atoms with van der Waals surface area (Å²) in [5.74, 6) is 1.65. The van der Waals surface area contributed by atoms with Gasteiger partial charge in [0.25, 0.3) is 0 Å². The number of hydrogen-bond donors (Lipinski definition) is 2. The summed E-state index contributed by atoms with van der Waals surface area (Å²) in [4.78, 5) is 14.8. The van der Waals surface area contributed by atoms with Gasteiger partial charge in [-0.25, -0.2) is 13.1 Å². The van der Waals surface area contributed by atoms with Gasteiger partial charge in [0.05, 0.1) is 32.1 Å². The van der Waals surface area contributed by atoms with Gasteiger partial charge in [0.2, 0.25) is 15.9 Å². The molecule has 1 fully saturated rings. The molecule has 0 spiro atoms. The van der Waals surface area contributed by atoms with Crippen LogP contribution in [0.4, 0.5) is 0 Å². The number of fused-ring (bicyclic) bond motifs is 1. The average molecular weight is 440 g/mol. The molecule has 1 atom stereocenters. The third kappa shape index (κ3) is 6.58. The molecular formula is C21H33N3O5S. The zero-order valence-corrected chi connectivity index (χ0v) is 18.8. The first-order chi connectivity index (χ1) is 14.2. The Kier molecular flexibility index (Phi) is 7.60. The zero-order chi connectivity index (χ0) is 21.7. The van der Waals surface area contributed by atoms with E-state index in [2.05, 4.69) is 28.8 Å². The van der Waals surface area contributed by atoms with Gasteiger partial charge in [-0.05, 0) is 36.5 Å². The molecule has 2 heterocycles. The Balaban J connectivity index is 1.57. The quantitative estimate of drug-likeness (QED) is 0.671. The lowest BCUT2D eigenvalue weighted by Gasteiger charge is -2.32. The maximum Gasteiger partial charge on any atom is 0.234 e. The van der Waals surface area contributed by atoms with Crippen molar-refractivity contribution in [2.24, 2.45) is 5.92 Å². The van der Waals surface area contributed by atoms with Crippen LogP contribution in [0.5, 0.6) is 11.5 Å². The summed E-state index contributed by atoms with van der Waals surface area (Å²) >= 11 is 0. The molecule has 30 heavy (non-hydrogen) atoms. The fourth-order valence-electron chi connectivity index (χ4n) is 3.94. The van der Waals surface area contributed by atoms with Crippen molar-refractivity contribution in [1.29, 1.82) is 0 Å². The summed E-state index contributed by atoms with van der Waals surface area (Å²) in [6, 6.07) is 5.69. The van der Waals surface area contributed by atoms with Gasteiger partial charge in [-0.15, -0.1) is 0 Å². The molecule has 8 nitrogen and oxygen atoms in total. The Morgan fingerprint density at radius 1 is 1.17 bits per heavy atom. The first kappa shape index (κ1) is 22.8. The van der Waals surface area contributed by atoms with Gasteiger partial charge in [-0.2, -0.15) is 0 Å². The summed E-state index contributed by atoms with van der Waals surface area (Å²) in [6.07, 6.45) is 3.44. The number of sulfonamides is 1. The predicted molar refractivity (Wildman–Crippen MR) is 115 cm³/mol. The second-order valence-electron chi connectivity index (χ2n) is 8.49. The molecule has 0 unspecified atom stereocenters. The molecule has 168 valence electrons. The minimum absolute atomic E-state index is 0.0321. The summed E-state index contributed by atoms with van der Waals surface area (Å²) in [5.41, 5.74) is 0.999. The second-order valence-corrected chi connectivity index (χ2v) is 10.3. The monoisotopic (exact) mass is 439 g/mol. The Morgan fingerprint density at radius 2 is 1.83 bits per heavy atom. The smallest absolute Gasteiger partial charge is 0.234 e. The van der Waals surface area contributed by atoms with Crippen molar-refractivity contribution in [2.75, 3.05) is 39.1 Å².